The van der Waals surface area contributed by atoms with Gasteiger partial charge in [-0.25, -0.2) is 0 Å². The fourth-order valence-electron chi connectivity index (χ4n) is 5.05. The Morgan fingerprint density at radius 1 is 1.07 bits per heavy atom. The largest absolute Gasteiger partial charge is 0.494 e. The van der Waals surface area contributed by atoms with Gasteiger partial charge in [0, 0.05) is 13.1 Å². The molecule has 2 heterocycles. The first-order valence-corrected chi connectivity index (χ1v) is 18.3. The van der Waals surface area contributed by atoms with E-state index in [4.69, 9.17) is 23.2 Å². The molecule has 0 radical (unpaired) electrons. The van der Waals surface area contributed by atoms with E-state index in [0.717, 1.165) is 35.4 Å². The van der Waals surface area contributed by atoms with Crippen molar-refractivity contribution in [2.24, 2.45) is 0 Å². The third-order valence-electron chi connectivity index (χ3n) is 9.49. The van der Waals surface area contributed by atoms with Gasteiger partial charge < -0.3 is 33.0 Å². The van der Waals surface area contributed by atoms with Crippen molar-refractivity contribution in [3.63, 3.8) is 0 Å². The van der Waals surface area contributed by atoms with Crippen molar-refractivity contribution >= 4 is 27.9 Å². The summed E-state index contributed by atoms with van der Waals surface area (Å²) >= 11 is 0. The number of hydrogen-bond donors (Lipinski definition) is 1. The van der Waals surface area contributed by atoms with Crippen LogP contribution in [0.25, 0.3) is 0 Å². The van der Waals surface area contributed by atoms with E-state index in [1.807, 2.05) is 49.3 Å². The quantitative estimate of drug-likeness (QED) is 0.341. The van der Waals surface area contributed by atoms with Crippen molar-refractivity contribution in [1.82, 2.24) is 4.81 Å². The number of para-hydroxylation sites is 1. The highest BCUT2D eigenvalue weighted by molar-refractivity contribution is 6.74. The Labute approximate surface area is 255 Å². The number of nitrogens with zero attached hydrogens (tertiary/aromatic N) is 1. The third kappa shape index (κ3) is 7.82. The zero-order valence-corrected chi connectivity index (χ0v) is 28.4. The zero-order chi connectivity index (χ0) is 30.9. The van der Waals surface area contributed by atoms with Gasteiger partial charge in [-0.15, -0.1) is 0 Å². The molecular formula is C32H51B2NO6Si. The van der Waals surface area contributed by atoms with Gasteiger partial charge in [0.2, 0.25) is 0 Å². The Bertz CT molecular complexity index is 1170. The van der Waals surface area contributed by atoms with Crippen LogP contribution in [-0.2, 0) is 20.2 Å². The maximum atomic E-state index is 10.8. The van der Waals surface area contributed by atoms with Crippen molar-refractivity contribution < 1.29 is 28.2 Å². The molecule has 0 bridgehead atoms. The second-order valence-corrected chi connectivity index (χ2v) is 19.2. The van der Waals surface area contributed by atoms with Crippen LogP contribution < -0.4 is 14.9 Å². The third-order valence-corrected chi connectivity index (χ3v) is 14.0. The van der Waals surface area contributed by atoms with Gasteiger partial charge in [-0.2, -0.15) is 0 Å². The predicted octanol–water partition coefficient (Wildman–Crippen LogP) is 5.56. The molecule has 4 rings (SSSR count). The lowest BCUT2D eigenvalue weighted by atomic mass is 9.77. The number of rotatable bonds is 11. The molecule has 2 aliphatic rings. The summed E-state index contributed by atoms with van der Waals surface area (Å²) in [4.78, 5) is 2.06. The molecule has 2 aromatic carbocycles. The number of fused-ring (bicyclic) bond motifs is 1. The van der Waals surface area contributed by atoms with Crippen molar-refractivity contribution in [3.05, 3.63) is 54.1 Å². The van der Waals surface area contributed by atoms with Gasteiger partial charge in [-0.3, -0.25) is 0 Å². The van der Waals surface area contributed by atoms with Gasteiger partial charge in [0.05, 0.1) is 17.3 Å². The van der Waals surface area contributed by atoms with Gasteiger partial charge >= 0.3 is 14.2 Å². The topological polar surface area (TPSA) is 69.6 Å². The predicted molar refractivity (Wildman–Crippen MR) is 174 cm³/mol. The van der Waals surface area contributed by atoms with Crippen LogP contribution in [0, 0.1) is 0 Å². The minimum atomic E-state index is -2.08. The van der Waals surface area contributed by atoms with Gasteiger partial charge in [0.25, 0.3) is 0 Å². The molecular weight excluding hydrogens is 544 g/mol. The fraction of sp³-hybridized carbons (Fsp3) is 0.625. The number of ether oxygens (including phenoxy) is 2. The van der Waals surface area contributed by atoms with Crippen molar-refractivity contribution in [2.45, 2.75) is 110 Å². The first-order chi connectivity index (χ1) is 19.5. The Kier molecular flexibility index (Phi) is 9.97. The van der Waals surface area contributed by atoms with Gasteiger partial charge in [0.1, 0.15) is 24.2 Å². The molecule has 2 aromatic rings. The number of benzene rings is 2. The first-order valence-electron chi connectivity index (χ1n) is 15.4. The lowest BCUT2D eigenvalue weighted by molar-refractivity contribution is 0.00578. The molecule has 0 aromatic heterocycles. The first kappa shape index (κ1) is 33.1. The van der Waals surface area contributed by atoms with Crippen LogP contribution >= 0.6 is 0 Å². The van der Waals surface area contributed by atoms with Gasteiger partial charge in [-0.05, 0) is 94.7 Å². The van der Waals surface area contributed by atoms with E-state index in [2.05, 4.69) is 72.4 Å². The summed E-state index contributed by atoms with van der Waals surface area (Å²) in [6.07, 6.45) is 1.51. The summed E-state index contributed by atoms with van der Waals surface area (Å²) < 4.78 is 32.0. The molecule has 1 saturated heterocycles. The van der Waals surface area contributed by atoms with Crippen LogP contribution in [0.3, 0.4) is 0 Å². The smallest absolute Gasteiger partial charge is 0.491 e. The van der Waals surface area contributed by atoms with Crippen molar-refractivity contribution in [1.29, 1.82) is 0 Å². The van der Waals surface area contributed by atoms with Gasteiger partial charge in [-0.1, -0.05) is 51.1 Å². The SMILES string of the molecule is CB(O)N(C[C@H]1CCc2cc(B3OC(C)(C)C(C)(C)O3)ccc2O1)C[C@@H](COc1ccccc1)O[Si](C)(C)C(C)(C)C. The molecule has 0 amide bonds. The molecule has 0 unspecified atom stereocenters. The minimum absolute atomic E-state index is 0.0432. The molecule has 1 N–H and O–H groups in total. The molecule has 1 fully saturated rings. The van der Waals surface area contributed by atoms with Crippen LogP contribution in [-0.4, -0.2) is 75.4 Å². The van der Waals surface area contributed by atoms with E-state index in [1.54, 1.807) is 0 Å². The molecule has 7 nitrogen and oxygen atoms in total. The zero-order valence-electron chi connectivity index (χ0n) is 27.4. The van der Waals surface area contributed by atoms with E-state index >= 15 is 0 Å². The Hall–Kier alpha value is -1.81. The summed E-state index contributed by atoms with van der Waals surface area (Å²) in [5, 5.41) is 10.9. The monoisotopic (exact) mass is 595 g/mol. The average Bonchev–Trinajstić information content (AvgIpc) is 3.12. The Balaban J connectivity index is 1.43. The second-order valence-electron chi connectivity index (χ2n) is 14.4. The highest BCUT2D eigenvalue weighted by Gasteiger charge is 2.52. The standard InChI is InChI=1S/C32H51B2NO6Si/c1-30(2,3)42(9,10)39-28(23-37-26-14-12-11-13-15-26)22-35(33(8)36)21-27-18-16-24-20-25(17-19-29(24)38-27)34-40-31(4,5)32(6,7)41-34/h11-15,17,19-20,27-28,36H,16,18,21-23H2,1-10H3/t27-,28+/m1/s1. The average molecular weight is 595 g/mol. The Morgan fingerprint density at radius 2 is 1.71 bits per heavy atom. The molecule has 10 heteroatoms. The van der Waals surface area contributed by atoms with E-state index in [9.17, 15) is 5.02 Å². The minimum Gasteiger partial charge on any atom is -0.491 e. The molecule has 230 valence electrons. The molecule has 42 heavy (non-hydrogen) atoms. The molecule has 0 spiro atoms. The summed E-state index contributed by atoms with van der Waals surface area (Å²) in [6.45, 7) is 22.9. The van der Waals surface area contributed by atoms with Crippen LogP contribution in [0.2, 0.25) is 25.0 Å². The summed E-state index contributed by atoms with van der Waals surface area (Å²) in [6, 6.07) is 16.1. The summed E-state index contributed by atoms with van der Waals surface area (Å²) in [5.41, 5.74) is 1.43. The van der Waals surface area contributed by atoms with E-state index in [0.29, 0.717) is 19.7 Å². The Morgan fingerprint density at radius 3 is 2.31 bits per heavy atom. The molecule has 2 aliphatic heterocycles. The number of hydrogen-bond acceptors (Lipinski definition) is 7. The van der Waals surface area contributed by atoms with Gasteiger partial charge in [0.15, 0.2) is 8.32 Å². The van der Waals surface area contributed by atoms with Crippen molar-refractivity contribution in [2.75, 3.05) is 19.7 Å². The summed E-state index contributed by atoms with van der Waals surface area (Å²) in [5.74, 6) is 1.70. The molecule has 2 atom stereocenters. The highest BCUT2D eigenvalue weighted by Crippen LogP contribution is 2.38. The van der Waals surface area contributed by atoms with Crippen molar-refractivity contribution in [3.8, 4) is 11.5 Å². The normalized spacial score (nSPS) is 20.7. The van der Waals surface area contributed by atoms with E-state index < -0.39 is 15.4 Å². The van der Waals surface area contributed by atoms with E-state index in [1.165, 1.54) is 0 Å². The maximum Gasteiger partial charge on any atom is 0.494 e. The number of aryl methyl sites for hydroxylation is 1. The lowest BCUT2D eigenvalue weighted by Crippen LogP contribution is -2.53. The van der Waals surface area contributed by atoms with Crippen LogP contribution in [0.1, 0.15) is 60.5 Å². The fourth-order valence-corrected chi connectivity index (χ4v) is 6.37. The maximum absolute atomic E-state index is 10.8. The van der Waals surface area contributed by atoms with Crippen LogP contribution in [0.5, 0.6) is 11.5 Å². The summed E-state index contributed by atoms with van der Waals surface area (Å²) in [7, 11) is -3.12. The highest BCUT2D eigenvalue weighted by atomic mass is 28.4. The second kappa shape index (κ2) is 12.7. The molecule has 0 aliphatic carbocycles. The van der Waals surface area contributed by atoms with Crippen LogP contribution in [0.15, 0.2) is 48.5 Å². The van der Waals surface area contributed by atoms with Crippen LogP contribution in [0.4, 0.5) is 0 Å². The van der Waals surface area contributed by atoms with E-state index in [-0.39, 0.29) is 35.6 Å². The lowest BCUT2D eigenvalue weighted by Gasteiger charge is -2.41. The molecule has 0 saturated carbocycles.